The lowest BCUT2D eigenvalue weighted by Gasteiger charge is -2.01. The molecule has 1 aromatic carbocycles. The summed E-state index contributed by atoms with van der Waals surface area (Å²) in [5, 5.41) is 6.53. The van der Waals surface area contributed by atoms with Gasteiger partial charge >= 0.3 is 0 Å². The van der Waals surface area contributed by atoms with Crippen LogP contribution in [-0.4, -0.2) is 24.7 Å². The summed E-state index contributed by atoms with van der Waals surface area (Å²) in [5.41, 5.74) is 1.75. The van der Waals surface area contributed by atoms with E-state index in [-0.39, 0.29) is 5.56 Å². The molecule has 0 fully saturated rings. The molecule has 0 aliphatic rings. The van der Waals surface area contributed by atoms with Gasteiger partial charge in [0.15, 0.2) is 0 Å². The third-order valence-corrected chi connectivity index (χ3v) is 4.51. The van der Waals surface area contributed by atoms with Gasteiger partial charge in [0, 0.05) is 4.88 Å². The number of thiophene rings is 1. The zero-order valence-corrected chi connectivity index (χ0v) is 12.2. The van der Waals surface area contributed by atoms with Gasteiger partial charge in [-0.05, 0) is 11.6 Å². The average Bonchev–Trinajstić information content (AvgIpc) is 3.21. The van der Waals surface area contributed by atoms with Crippen LogP contribution in [-0.2, 0) is 6.54 Å². The number of rotatable bonds is 3. The number of aromatic amines is 1. The number of H-pyrrole nitrogens is 1. The quantitative estimate of drug-likeness (QED) is 0.630. The van der Waals surface area contributed by atoms with E-state index in [4.69, 9.17) is 0 Å². The number of hydrogen-bond acceptors (Lipinski definition) is 5. The Morgan fingerprint density at radius 2 is 2.05 bits per heavy atom. The molecule has 3 heterocycles. The van der Waals surface area contributed by atoms with Crippen molar-refractivity contribution in [3.63, 3.8) is 0 Å². The molecular formula is C15H11N5OS. The van der Waals surface area contributed by atoms with E-state index in [2.05, 4.69) is 20.2 Å². The van der Waals surface area contributed by atoms with E-state index in [1.807, 2.05) is 36.4 Å². The van der Waals surface area contributed by atoms with Gasteiger partial charge in [-0.3, -0.25) is 14.5 Å². The molecule has 0 saturated carbocycles. The second-order valence-corrected chi connectivity index (χ2v) is 5.85. The van der Waals surface area contributed by atoms with Gasteiger partial charge in [-0.15, -0.1) is 11.3 Å². The summed E-state index contributed by atoms with van der Waals surface area (Å²) in [6.07, 6.45) is 2.97. The predicted octanol–water partition coefficient (Wildman–Crippen LogP) is 2.29. The standard InChI is InChI=1S/C15H11N5OS/c21-15-14-11(6-12(22-14)10-4-2-1-3-5-10)17-9-20(15)7-13-16-8-18-19-13/h1-6,8-9H,7H2,(H,16,18,19). The van der Waals surface area contributed by atoms with Crippen molar-refractivity contribution in [2.75, 3.05) is 0 Å². The number of nitrogens with one attached hydrogen (secondary N) is 1. The van der Waals surface area contributed by atoms with Crippen LogP contribution in [0.3, 0.4) is 0 Å². The van der Waals surface area contributed by atoms with Crippen molar-refractivity contribution in [2.24, 2.45) is 0 Å². The van der Waals surface area contributed by atoms with E-state index in [0.717, 1.165) is 16.0 Å². The van der Waals surface area contributed by atoms with E-state index in [9.17, 15) is 4.79 Å². The molecule has 4 aromatic rings. The van der Waals surface area contributed by atoms with Gasteiger partial charge in [-0.1, -0.05) is 30.3 Å². The topological polar surface area (TPSA) is 76.5 Å². The van der Waals surface area contributed by atoms with E-state index in [1.54, 1.807) is 6.33 Å². The second kappa shape index (κ2) is 5.19. The van der Waals surface area contributed by atoms with Crippen LogP contribution in [0.25, 0.3) is 20.7 Å². The number of benzene rings is 1. The number of aromatic nitrogens is 5. The van der Waals surface area contributed by atoms with Crippen LogP contribution in [0.15, 0.2) is 53.8 Å². The molecule has 0 bridgehead atoms. The van der Waals surface area contributed by atoms with E-state index in [0.29, 0.717) is 17.1 Å². The highest BCUT2D eigenvalue weighted by molar-refractivity contribution is 7.22. The SMILES string of the molecule is O=c1c2sc(-c3ccccc3)cc2ncn1Cc1ncn[nH]1. The van der Waals surface area contributed by atoms with Crippen molar-refractivity contribution >= 4 is 21.6 Å². The first-order chi connectivity index (χ1) is 10.8. The molecule has 0 radical (unpaired) electrons. The fourth-order valence-electron chi connectivity index (χ4n) is 2.27. The monoisotopic (exact) mass is 309 g/mol. The van der Waals surface area contributed by atoms with Gasteiger partial charge in [0.25, 0.3) is 5.56 Å². The minimum Gasteiger partial charge on any atom is -0.290 e. The van der Waals surface area contributed by atoms with Gasteiger partial charge < -0.3 is 0 Å². The molecule has 0 amide bonds. The van der Waals surface area contributed by atoms with Crippen LogP contribution in [0.2, 0.25) is 0 Å². The first-order valence-electron chi connectivity index (χ1n) is 6.70. The lowest BCUT2D eigenvalue weighted by molar-refractivity contribution is 0.711. The summed E-state index contributed by atoms with van der Waals surface area (Å²) >= 11 is 1.46. The maximum Gasteiger partial charge on any atom is 0.271 e. The number of hydrogen-bond donors (Lipinski definition) is 1. The van der Waals surface area contributed by atoms with Crippen LogP contribution in [0.1, 0.15) is 5.82 Å². The van der Waals surface area contributed by atoms with Crippen LogP contribution in [0.5, 0.6) is 0 Å². The molecule has 0 aliphatic carbocycles. The first kappa shape index (κ1) is 12.9. The Bertz CT molecular complexity index is 972. The summed E-state index contributed by atoms with van der Waals surface area (Å²) < 4.78 is 2.19. The first-order valence-corrected chi connectivity index (χ1v) is 7.51. The Hall–Kier alpha value is -2.80. The zero-order valence-electron chi connectivity index (χ0n) is 11.4. The van der Waals surface area contributed by atoms with Crippen molar-refractivity contribution in [2.45, 2.75) is 6.54 Å². The summed E-state index contributed by atoms with van der Waals surface area (Å²) in [6.45, 7) is 0.334. The maximum absolute atomic E-state index is 12.6. The maximum atomic E-state index is 12.6. The van der Waals surface area contributed by atoms with Gasteiger partial charge in [-0.25, -0.2) is 9.97 Å². The predicted molar refractivity (Wildman–Crippen MR) is 84.8 cm³/mol. The number of fused-ring (bicyclic) bond motifs is 1. The molecular weight excluding hydrogens is 298 g/mol. The van der Waals surface area contributed by atoms with Gasteiger partial charge in [0.2, 0.25) is 0 Å². The van der Waals surface area contributed by atoms with Crippen LogP contribution >= 0.6 is 11.3 Å². The Morgan fingerprint density at radius 3 is 2.82 bits per heavy atom. The van der Waals surface area contributed by atoms with Crippen molar-refractivity contribution in [3.05, 3.63) is 65.2 Å². The Balaban J connectivity index is 1.80. The summed E-state index contributed by atoms with van der Waals surface area (Å²) in [7, 11) is 0. The fourth-order valence-corrected chi connectivity index (χ4v) is 3.34. The lowest BCUT2D eigenvalue weighted by Crippen LogP contribution is -2.20. The molecule has 7 heteroatoms. The Morgan fingerprint density at radius 1 is 1.18 bits per heavy atom. The minimum atomic E-state index is -0.0615. The van der Waals surface area contributed by atoms with Crippen molar-refractivity contribution < 1.29 is 0 Å². The summed E-state index contributed by atoms with van der Waals surface area (Å²) in [4.78, 5) is 22.0. The van der Waals surface area contributed by atoms with Crippen LogP contribution in [0, 0.1) is 0 Å². The molecule has 22 heavy (non-hydrogen) atoms. The largest absolute Gasteiger partial charge is 0.290 e. The second-order valence-electron chi connectivity index (χ2n) is 4.80. The Labute approximate surface area is 129 Å². The molecule has 4 rings (SSSR count). The molecule has 6 nitrogen and oxygen atoms in total. The minimum absolute atomic E-state index is 0.0615. The highest BCUT2D eigenvalue weighted by Crippen LogP contribution is 2.30. The molecule has 0 atom stereocenters. The molecule has 0 aliphatic heterocycles. The molecule has 108 valence electrons. The van der Waals surface area contributed by atoms with Crippen molar-refractivity contribution in [3.8, 4) is 10.4 Å². The van der Waals surface area contributed by atoms with E-state index >= 15 is 0 Å². The molecule has 0 saturated heterocycles. The average molecular weight is 309 g/mol. The lowest BCUT2D eigenvalue weighted by atomic mass is 10.2. The molecule has 1 N–H and O–H groups in total. The van der Waals surface area contributed by atoms with Gasteiger partial charge in [0.1, 0.15) is 16.9 Å². The van der Waals surface area contributed by atoms with E-state index < -0.39 is 0 Å². The van der Waals surface area contributed by atoms with Crippen molar-refractivity contribution in [1.29, 1.82) is 0 Å². The molecule has 0 spiro atoms. The fraction of sp³-hybridized carbons (Fsp3) is 0.0667. The highest BCUT2D eigenvalue weighted by Gasteiger charge is 2.11. The van der Waals surface area contributed by atoms with Gasteiger partial charge in [-0.2, -0.15) is 5.10 Å². The Kier molecular flexibility index (Phi) is 3.05. The van der Waals surface area contributed by atoms with Crippen LogP contribution in [0.4, 0.5) is 0 Å². The highest BCUT2D eigenvalue weighted by atomic mass is 32.1. The zero-order chi connectivity index (χ0) is 14.9. The number of nitrogens with zero attached hydrogens (tertiary/aromatic N) is 4. The van der Waals surface area contributed by atoms with Crippen molar-refractivity contribution in [1.82, 2.24) is 24.7 Å². The summed E-state index contributed by atoms with van der Waals surface area (Å²) in [5.74, 6) is 0.628. The third-order valence-electron chi connectivity index (χ3n) is 3.35. The van der Waals surface area contributed by atoms with Gasteiger partial charge in [0.05, 0.1) is 18.4 Å². The van der Waals surface area contributed by atoms with E-state index in [1.165, 1.54) is 22.2 Å². The smallest absolute Gasteiger partial charge is 0.271 e. The van der Waals surface area contributed by atoms with Crippen LogP contribution < -0.4 is 5.56 Å². The normalized spacial score (nSPS) is 11.1. The molecule has 3 aromatic heterocycles. The summed E-state index contributed by atoms with van der Waals surface area (Å²) in [6, 6.07) is 11.9. The molecule has 0 unspecified atom stereocenters. The third kappa shape index (κ3) is 2.21.